The number of hydrogen-bond donors (Lipinski definition) is 2. The monoisotopic (exact) mass is 256 g/mol. The van der Waals surface area contributed by atoms with E-state index in [1.807, 2.05) is 13.8 Å². The van der Waals surface area contributed by atoms with Crippen LogP contribution < -0.4 is 10.6 Å². The van der Waals surface area contributed by atoms with E-state index in [2.05, 4.69) is 34.7 Å². The van der Waals surface area contributed by atoms with Crippen LogP contribution in [0.1, 0.15) is 43.9 Å². The Morgan fingerprint density at radius 1 is 1.35 bits per heavy atom. The Morgan fingerprint density at radius 3 is 2.65 bits per heavy atom. The third-order valence-corrected chi connectivity index (χ3v) is 3.03. The summed E-state index contributed by atoms with van der Waals surface area (Å²) in [4.78, 5) is 11.8. The van der Waals surface area contributed by atoms with Crippen molar-refractivity contribution < 1.29 is 4.79 Å². The third-order valence-electron chi connectivity index (χ3n) is 2.15. The SMILES string of the molecule is CCNc1nnc(C(=O)NC(C)CC(C)C)s1. The normalized spacial score (nSPS) is 12.5. The van der Waals surface area contributed by atoms with Crippen molar-refractivity contribution in [3.8, 4) is 0 Å². The van der Waals surface area contributed by atoms with Gasteiger partial charge in [0.2, 0.25) is 10.1 Å². The van der Waals surface area contributed by atoms with E-state index >= 15 is 0 Å². The van der Waals surface area contributed by atoms with Crippen LogP contribution >= 0.6 is 11.3 Å². The van der Waals surface area contributed by atoms with Crippen LogP contribution in [0.4, 0.5) is 5.13 Å². The number of aromatic nitrogens is 2. The first-order chi connectivity index (χ1) is 8.02. The Hall–Kier alpha value is -1.17. The Bertz CT molecular complexity index is 364. The number of amides is 1. The summed E-state index contributed by atoms with van der Waals surface area (Å²) < 4.78 is 0. The summed E-state index contributed by atoms with van der Waals surface area (Å²) in [5, 5.41) is 14.8. The van der Waals surface area contributed by atoms with E-state index in [0.717, 1.165) is 13.0 Å². The first-order valence-corrected chi connectivity index (χ1v) is 6.72. The van der Waals surface area contributed by atoms with Crippen molar-refractivity contribution in [3.05, 3.63) is 5.01 Å². The number of carbonyl (C=O) groups is 1. The molecule has 96 valence electrons. The molecule has 0 saturated carbocycles. The van der Waals surface area contributed by atoms with Crippen molar-refractivity contribution in [1.82, 2.24) is 15.5 Å². The molecule has 0 aliphatic carbocycles. The van der Waals surface area contributed by atoms with E-state index in [1.165, 1.54) is 11.3 Å². The molecule has 0 fully saturated rings. The zero-order valence-corrected chi connectivity index (χ0v) is 11.6. The first-order valence-electron chi connectivity index (χ1n) is 5.91. The molecule has 1 atom stereocenters. The maximum absolute atomic E-state index is 11.8. The predicted octanol–water partition coefficient (Wildman–Crippen LogP) is 2.13. The van der Waals surface area contributed by atoms with Crippen LogP contribution in [-0.2, 0) is 0 Å². The van der Waals surface area contributed by atoms with Gasteiger partial charge in [-0.15, -0.1) is 10.2 Å². The molecule has 5 nitrogen and oxygen atoms in total. The molecule has 0 spiro atoms. The van der Waals surface area contributed by atoms with Gasteiger partial charge >= 0.3 is 0 Å². The number of anilines is 1. The summed E-state index contributed by atoms with van der Waals surface area (Å²) in [5.74, 6) is 0.428. The van der Waals surface area contributed by atoms with Crippen molar-refractivity contribution in [2.45, 2.75) is 40.2 Å². The van der Waals surface area contributed by atoms with Crippen molar-refractivity contribution in [1.29, 1.82) is 0 Å². The van der Waals surface area contributed by atoms with Crippen LogP contribution in [0.3, 0.4) is 0 Å². The maximum Gasteiger partial charge on any atom is 0.282 e. The molecule has 0 saturated heterocycles. The zero-order valence-electron chi connectivity index (χ0n) is 10.8. The first kappa shape index (κ1) is 13.9. The van der Waals surface area contributed by atoms with E-state index in [-0.39, 0.29) is 11.9 Å². The summed E-state index contributed by atoms with van der Waals surface area (Å²) in [6.07, 6.45) is 0.963. The average Bonchev–Trinajstić information content (AvgIpc) is 2.65. The van der Waals surface area contributed by atoms with Crippen LogP contribution in [0.2, 0.25) is 0 Å². The van der Waals surface area contributed by atoms with Gasteiger partial charge in [-0.25, -0.2) is 0 Å². The molecule has 17 heavy (non-hydrogen) atoms. The molecule has 1 aromatic rings. The molecule has 1 rings (SSSR count). The molecule has 0 radical (unpaired) electrons. The van der Waals surface area contributed by atoms with Crippen LogP contribution in [0.5, 0.6) is 0 Å². The zero-order chi connectivity index (χ0) is 12.8. The van der Waals surface area contributed by atoms with Crippen LogP contribution in [0, 0.1) is 5.92 Å². The summed E-state index contributed by atoms with van der Waals surface area (Å²) in [7, 11) is 0. The van der Waals surface area contributed by atoms with Gasteiger partial charge in [0.25, 0.3) is 5.91 Å². The third kappa shape index (κ3) is 4.68. The van der Waals surface area contributed by atoms with Gasteiger partial charge in [0, 0.05) is 12.6 Å². The quantitative estimate of drug-likeness (QED) is 0.818. The second-order valence-corrected chi connectivity index (χ2v) is 5.42. The summed E-state index contributed by atoms with van der Waals surface area (Å²) in [5.41, 5.74) is 0. The lowest BCUT2D eigenvalue weighted by Crippen LogP contribution is -2.33. The Morgan fingerprint density at radius 2 is 2.06 bits per heavy atom. The molecule has 0 aromatic carbocycles. The molecule has 1 heterocycles. The second kappa shape index (κ2) is 6.54. The topological polar surface area (TPSA) is 66.9 Å². The number of nitrogens with one attached hydrogen (secondary N) is 2. The van der Waals surface area contributed by atoms with Crippen molar-refractivity contribution in [3.63, 3.8) is 0 Å². The number of rotatable bonds is 6. The van der Waals surface area contributed by atoms with Gasteiger partial charge in [-0.3, -0.25) is 4.79 Å². The molecule has 0 aliphatic rings. The highest BCUT2D eigenvalue weighted by Gasteiger charge is 2.15. The minimum atomic E-state index is -0.139. The predicted molar refractivity (Wildman–Crippen MR) is 70.5 cm³/mol. The molecule has 2 N–H and O–H groups in total. The molecular weight excluding hydrogens is 236 g/mol. The fourth-order valence-electron chi connectivity index (χ4n) is 1.59. The standard InChI is InChI=1S/C11H20N4OS/c1-5-12-11-15-14-10(17-11)9(16)13-8(4)6-7(2)3/h7-8H,5-6H2,1-4H3,(H,12,15)(H,13,16). The van der Waals surface area contributed by atoms with E-state index in [1.54, 1.807) is 0 Å². The largest absolute Gasteiger partial charge is 0.360 e. The molecule has 1 unspecified atom stereocenters. The lowest BCUT2D eigenvalue weighted by molar-refractivity contribution is 0.0935. The van der Waals surface area contributed by atoms with Gasteiger partial charge in [0.1, 0.15) is 0 Å². The van der Waals surface area contributed by atoms with Gasteiger partial charge in [-0.2, -0.15) is 0 Å². The van der Waals surface area contributed by atoms with Gasteiger partial charge in [-0.05, 0) is 26.2 Å². The minimum absolute atomic E-state index is 0.139. The highest BCUT2D eigenvalue weighted by atomic mass is 32.1. The maximum atomic E-state index is 11.8. The van der Waals surface area contributed by atoms with E-state index in [0.29, 0.717) is 16.1 Å². The molecule has 6 heteroatoms. The average molecular weight is 256 g/mol. The van der Waals surface area contributed by atoms with Gasteiger partial charge in [0.15, 0.2) is 0 Å². The highest BCUT2D eigenvalue weighted by molar-refractivity contribution is 7.17. The molecule has 0 bridgehead atoms. The summed E-state index contributed by atoms with van der Waals surface area (Å²) >= 11 is 1.28. The van der Waals surface area contributed by atoms with E-state index in [4.69, 9.17) is 0 Å². The number of carbonyl (C=O) groups excluding carboxylic acids is 1. The highest BCUT2D eigenvalue weighted by Crippen LogP contribution is 2.15. The molecule has 0 aliphatic heterocycles. The van der Waals surface area contributed by atoms with Gasteiger partial charge in [-0.1, -0.05) is 25.2 Å². The van der Waals surface area contributed by atoms with Crippen LogP contribution in [0.15, 0.2) is 0 Å². The fourth-order valence-corrected chi connectivity index (χ4v) is 2.30. The molecule has 1 amide bonds. The molecule has 1 aromatic heterocycles. The van der Waals surface area contributed by atoms with Crippen LogP contribution in [0.25, 0.3) is 0 Å². The lowest BCUT2D eigenvalue weighted by atomic mass is 10.1. The Kier molecular flexibility index (Phi) is 5.34. The lowest BCUT2D eigenvalue weighted by Gasteiger charge is -2.14. The van der Waals surface area contributed by atoms with E-state index in [9.17, 15) is 4.79 Å². The second-order valence-electron chi connectivity index (χ2n) is 4.45. The summed E-state index contributed by atoms with van der Waals surface area (Å²) in [6.45, 7) is 9.03. The van der Waals surface area contributed by atoms with Crippen molar-refractivity contribution >= 4 is 22.4 Å². The Balaban J connectivity index is 2.51. The summed E-state index contributed by atoms with van der Waals surface area (Å²) in [6, 6.07) is 0.161. The number of hydrogen-bond acceptors (Lipinski definition) is 5. The fraction of sp³-hybridized carbons (Fsp3) is 0.727. The number of nitrogens with zero attached hydrogens (tertiary/aromatic N) is 2. The van der Waals surface area contributed by atoms with Gasteiger partial charge < -0.3 is 10.6 Å². The molecular formula is C11H20N4OS. The van der Waals surface area contributed by atoms with E-state index < -0.39 is 0 Å². The smallest absolute Gasteiger partial charge is 0.282 e. The van der Waals surface area contributed by atoms with Crippen molar-refractivity contribution in [2.75, 3.05) is 11.9 Å². The van der Waals surface area contributed by atoms with Gasteiger partial charge in [0.05, 0.1) is 0 Å². The Labute approximate surface area is 106 Å². The minimum Gasteiger partial charge on any atom is -0.360 e. The van der Waals surface area contributed by atoms with Crippen molar-refractivity contribution in [2.24, 2.45) is 5.92 Å². The van der Waals surface area contributed by atoms with Crippen LogP contribution in [-0.4, -0.2) is 28.7 Å².